The summed E-state index contributed by atoms with van der Waals surface area (Å²) in [5.74, 6) is 1.78. The smallest absolute Gasteiger partial charge is 0.00390 e. The van der Waals surface area contributed by atoms with Crippen molar-refractivity contribution in [3.63, 3.8) is 0 Å². The molecule has 0 aromatic heterocycles. The Morgan fingerprint density at radius 1 is 0.647 bits per heavy atom. The number of hydrogen-bond donors (Lipinski definition) is 2. The molecule has 0 bridgehead atoms. The minimum Gasteiger partial charge on any atom is -0.328 e. The van der Waals surface area contributed by atoms with E-state index in [9.17, 15) is 0 Å². The van der Waals surface area contributed by atoms with E-state index in [-0.39, 0.29) is 0 Å². The van der Waals surface area contributed by atoms with Gasteiger partial charge in [0.25, 0.3) is 0 Å². The maximum atomic E-state index is 6.02. The average Bonchev–Trinajstić information content (AvgIpc) is 2.30. The lowest BCUT2D eigenvalue weighted by Crippen LogP contribution is -2.40. The van der Waals surface area contributed by atoms with Gasteiger partial charge in [0.1, 0.15) is 0 Å². The number of rotatable bonds is 2. The summed E-state index contributed by atoms with van der Waals surface area (Å²) in [5, 5.41) is 0. The van der Waals surface area contributed by atoms with Crippen LogP contribution in [0.15, 0.2) is 0 Å². The van der Waals surface area contributed by atoms with E-state index >= 15 is 0 Å². The van der Waals surface area contributed by atoms with Crippen LogP contribution < -0.4 is 11.5 Å². The second-order valence-corrected chi connectivity index (χ2v) is 7.04. The van der Waals surface area contributed by atoms with Gasteiger partial charge in [-0.25, -0.2) is 0 Å². The highest BCUT2D eigenvalue weighted by Crippen LogP contribution is 2.47. The van der Waals surface area contributed by atoms with Gasteiger partial charge in [0.15, 0.2) is 0 Å². The molecule has 2 heteroatoms. The lowest BCUT2D eigenvalue weighted by Gasteiger charge is -2.46. The van der Waals surface area contributed by atoms with E-state index in [0.717, 1.165) is 11.8 Å². The van der Waals surface area contributed by atoms with Crippen molar-refractivity contribution >= 4 is 0 Å². The third kappa shape index (κ3) is 3.03. The zero-order valence-corrected chi connectivity index (χ0v) is 11.6. The van der Waals surface area contributed by atoms with Gasteiger partial charge in [-0.3, -0.25) is 0 Å². The van der Waals surface area contributed by atoms with Gasteiger partial charge in [-0.05, 0) is 68.6 Å². The highest BCUT2D eigenvalue weighted by Gasteiger charge is 2.39. The van der Waals surface area contributed by atoms with Crippen LogP contribution in [0.4, 0.5) is 0 Å². The predicted octanol–water partition coefficient (Wildman–Crippen LogP) is 3.05. The predicted molar refractivity (Wildman–Crippen MR) is 73.6 cm³/mol. The van der Waals surface area contributed by atoms with Crippen molar-refractivity contribution in [1.82, 2.24) is 0 Å². The summed E-state index contributed by atoms with van der Waals surface area (Å²) in [5.41, 5.74) is 12.5. The Bertz CT molecular complexity index is 209. The first kappa shape index (κ1) is 13.4. The fraction of sp³-hybridized carbons (Fsp3) is 1.00. The van der Waals surface area contributed by atoms with Crippen LogP contribution in [0, 0.1) is 17.3 Å². The lowest BCUT2D eigenvalue weighted by atomic mass is 9.60. The Morgan fingerprint density at radius 3 is 1.24 bits per heavy atom. The Labute approximate surface area is 107 Å². The van der Waals surface area contributed by atoms with Crippen molar-refractivity contribution in [2.24, 2.45) is 28.7 Å². The molecule has 0 aromatic rings. The lowest BCUT2D eigenvalue weighted by molar-refractivity contribution is 0.0523. The molecule has 17 heavy (non-hydrogen) atoms. The van der Waals surface area contributed by atoms with Crippen LogP contribution in [0.1, 0.15) is 65.2 Å². The summed E-state index contributed by atoms with van der Waals surface area (Å²) in [6.07, 6.45) is 10.3. The minimum atomic E-state index is 0.474. The first-order valence-corrected chi connectivity index (χ1v) is 7.51. The Balaban J connectivity index is 1.93. The van der Waals surface area contributed by atoms with Gasteiger partial charge in [-0.2, -0.15) is 0 Å². The van der Waals surface area contributed by atoms with E-state index in [1.807, 2.05) is 0 Å². The van der Waals surface area contributed by atoms with E-state index < -0.39 is 0 Å². The van der Waals surface area contributed by atoms with Crippen LogP contribution in [0.3, 0.4) is 0 Å². The van der Waals surface area contributed by atoms with Gasteiger partial charge in [0.2, 0.25) is 0 Å². The van der Waals surface area contributed by atoms with Crippen molar-refractivity contribution < 1.29 is 0 Å². The molecule has 2 saturated carbocycles. The van der Waals surface area contributed by atoms with Crippen LogP contribution in [-0.4, -0.2) is 12.1 Å². The third-order valence-electron chi connectivity index (χ3n) is 5.65. The highest BCUT2D eigenvalue weighted by atomic mass is 14.7. The van der Waals surface area contributed by atoms with Crippen LogP contribution in [0.25, 0.3) is 0 Å². The molecule has 0 atom stereocenters. The van der Waals surface area contributed by atoms with Crippen molar-refractivity contribution in [3.05, 3.63) is 0 Å². The van der Waals surface area contributed by atoms with Gasteiger partial charge in [-0.1, -0.05) is 13.8 Å². The normalized spacial score (nSPS) is 40.2. The Hall–Kier alpha value is -0.0800. The second-order valence-electron chi connectivity index (χ2n) is 7.04. The quantitative estimate of drug-likeness (QED) is 0.777. The fourth-order valence-corrected chi connectivity index (χ4v) is 4.06. The average molecular weight is 238 g/mol. The summed E-state index contributed by atoms with van der Waals surface area (Å²) in [6, 6.07) is 0.948. The monoisotopic (exact) mass is 238 g/mol. The number of nitrogens with two attached hydrogens (primary N) is 2. The number of hydrogen-bond acceptors (Lipinski definition) is 2. The van der Waals surface area contributed by atoms with Crippen molar-refractivity contribution in [3.8, 4) is 0 Å². The molecule has 0 spiro atoms. The molecule has 100 valence electrons. The van der Waals surface area contributed by atoms with E-state index in [1.165, 1.54) is 51.4 Å². The molecule has 2 nitrogen and oxygen atoms in total. The summed E-state index contributed by atoms with van der Waals surface area (Å²) in [4.78, 5) is 0. The van der Waals surface area contributed by atoms with Crippen molar-refractivity contribution in [1.29, 1.82) is 0 Å². The summed E-state index contributed by atoms with van der Waals surface area (Å²) >= 11 is 0. The van der Waals surface area contributed by atoms with Gasteiger partial charge >= 0.3 is 0 Å². The Kier molecular flexibility index (Phi) is 4.14. The van der Waals surface area contributed by atoms with Gasteiger partial charge in [0, 0.05) is 12.1 Å². The van der Waals surface area contributed by atoms with Gasteiger partial charge in [-0.15, -0.1) is 0 Å². The molecule has 0 saturated heterocycles. The molecule has 2 fully saturated rings. The molecule has 2 aliphatic rings. The molecular weight excluding hydrogens is 208 g/mol. The largest absolute Gasteiger partial charge is 0.328 e. The summed E-state index contributed by atoms with van der Waals surface area (Å²) in [7, 11) is 0. The molecule has 0 aromatic carbocycles. The topological polar surface area (TPSA) is 52.0 Å². The molecule has 4 N–H and O–H groups in total. The Morgan fingerprint density at radius 2 is 0.941 bits per heavy atom. The van der Waals surface area contributed by atoms with E-state index in [4.69, 9.17) is 11.5 Å². The maximum absolute atomic E-state index is 6.02. The first-order valence-electron chi connectivity index (χ1n) is 7.51. The summed E-state index contributed by atoms with van der Waals surface area (Å²) in [6.45, 7) is 4.99. The van der Waals surface area contributed by atoms with E-state index in [1.54, 1.807) is 0 Å². The molecule has 0 amide bonds. The van der Waals surface area contributed by atoms with E-state index in [2.05, 4.69) is 13.8 Å². The zero-order chi connectivity index (χ0) is 12.5. The maximum Gasteiger partial charge on any atom is 0.00390 e. The molecular formula is C15H30N2. The van der Waals surface area contributed by atoms with Crippen molar-refractivity contribution in [2.75, 3.05) is 0 Å². The van der Waals surface area contributed by atoms with Crippen LogP contribution in [-0.2, 0) is 0 Å². The molecule has 0 heterocycles. The molecule has 0 aliphatic heterocycles. The van der Waals surface area contributed by atoms with E-state index in [0.29, 0.717) is 17.5 Å². The van der Waals surface area contributed by atoms with Crippen LogP contribution in [0.2, 0.25) is 0 Å². The molecule has 2 aliphatic carbocycles. The molecule has 0 unspecified atom stereocenters. The van der Waals surface area contributed by atoms with Gasteiger partial charge < -0.3 is 11.5 Å². The third-order valence-corrected chi connectivity index (χ3v) is 5.65. The molecule has 2 rings (SSSR count). The second kappa shape index (κ2) is 5.27. The zero-order valence-electron chi connectivity index (χ0n) is 11.6. The summed E-state index contributed by atoms with van der Waals surface area (Å²) < 4.78 is 0. The van der Waals surface area contributed by atoms with Crippen LogP contribution in [0.5, 0.6) is 0 Å². The minimum absolute atomic E-state index is 0.474. The van der Waals surface area contributed by atoms with Crippen LogP contribution >= 0.6 is 0 Å². The highest BCUT2D eigenvalue weighted by molar-refractivity contribution is 4.91. The standard InChI is InChI=1S/C15H30N2/c1-15(2,11-3-7-13(16)8-4-11)12-5-9-14(17)10-6-12/h11-14H,3-10,16-17H2,1-2H3. The molecule has 0 radical (unpaired) electrons. The first-order chi connectivity index (χ1) is 8.00. The van der Waals surface area contributed by atoms with Gasteiger partial charge in [0.05, 0.1) is 0 Å². The van der Waals surface area contributed by atoms with Crippen molar-refractivity contribution in [2.45, 2.75) is 77.3 Å². The SMILES string of the molecule is CC(C)(C1CCC(N)CC1)C1CCC(N)CC1. The fourth-order valence-electron chi connectivity index (χ4n) is 4.06.